The molecule has 0 amide bonds. The largest absolute Gasteiger partial charge is 0.508 e. The molecule has 0 fully saturated rings. The number of hydrogen-bond acceptors (Lipinski definition) is 3. The summed E-state index contributed by atoms with van der Waals surface area (Å²) < 4.78 is 0. The van der Waals surface area contributed by atoms with Crippen molar-refractivity contribution in [2.24, 2.45) is 0 Å². The van der Waals surface area contributed by atoms with Gasteiger partial charge in [0.2, 0.25) is 0 Å². The number of nitrogens with one attached hydrogen (secondary N) is 1. The van der Waals surface area contributed by atoms with Gasteiger partial charge < -0.3 is 10.4 Å². The van der Waals surface area contributed by atoms with Crippen LogP contribution in [0.25, 0.3) is 0 Å². The Morgan fingerprint density at radius 2 is 1.88 bits per heavy atom. The number of aromatic hydroxyl groups is 1. The minimum absolute atomic E-state index is 0.341. The zero-order valence-electron chi connectivity index (χ0n) is 9.91. The normalized spacial score (nSPS) is 10.6. The van der Waals surface area contributed by atoms with Crippen molar-refractivity contribution in [1.29, 1.82) is 0 Å². The van der Waals surface area contributed by atoms with E-state index in [0.717, 1.165) is 19.5 Å². The Kier molecular flexibility index (Phi) is 7.10. The van der Waals surface area contributed by atoms with Crippen LogP contribution in [0, 0.1) is 0 Å². The van der Waals surface area contributed by atoms with Crippen LogP contribution >= 0.6 is 11.8 Å². The van der Waals surface area contributed by atoms with Gasteiger partial charge in [-0.3, -0.25) is 0 Å². The highest BCUT2D eigenvalue weighted by molar-refractivity contribution is 7.98. The van der Waals surface area contributed by atoms with Crippen molar-refractivity contribution < 1.29 is 5.11 Å². The Bertz CT molecular complexity index is 274. The van der Waals surface area contributed by atoms with Crippen molar-refractivity contribution in [3.63, 3.8) is 0 Å². The van der Waals surface area contributed by atoms with Crippen molar-refractivity contribution in [1.82, 2.24) is 5.32 Å². The van der Waals surface area contributed by atoms with Gasteiger partial charge in [-0.05, 0) is 62.1 Å². The van der Waals surface area contributed by atoms with Crippen LogP contribution in [0.15, 0.2) is 24.3 Å². The molecule has 0 saturated heterocycles. The van der Waals surface area contributed by atoms with Crippen molar-refractivity contribution in [3.8, 4) is 5.75 Å². The summed E-state index contributed by atoms with van der Waals surface area (Å²) in [5.41, 5.74) is 1.27. The first-order chi connectivity index (χ1) is 7.83. The van der Waals surface area contributed by atoms with Crippen LogP contribution in [0.5, 0.6) is 5.75 Å². The molecule has 3 heteroatoms. The molecule has 0 atom stereocenters. The Morgan fingerprint density at radius 3 is 2.56 bits per heavy atom. The van der Waals surface area contributed by atoms with Crippen molar-refractivity contribution in [2.75, 3.05) is 25.1 Å². The van der Waals surface area contributed by atoms with Gasteiger partial charge in [-0.2, -0.15) is 11.8 Å². The summed E-state index contributed by atoms with van der Waals surface area (Å²) in [4.78, 5) is 0. The smallest absolute Gasteiger partial charge is 0.115 e. The van der Waals surface area contributed by atoms with E-state index in [9.17, 15) is 0 Å². The highest BCUT2D eigenvalue weighted by atomic mass is 32.2. The quantitative estimate of drug-likeness (QED) is 0.684. The van der Waals surface area contributed by atoms with Gasteiger partial charge in [0.1, 0.15) is 5.75 Å². The van der Waals surface area contributed by atoms with Crippen molar-refractivity contribution in [2.45, 2.75) is 19.3 Å². The van der Waals surface area contributed by atoms with Gasteiger partial charge in [0.25, 0.3) is 0 Å². The second-order valence-electron chi connectivity index (χ2n) is 3.87. The summed E-state index contributed by atoms with van der Waals surface area (Å²) in [5, 5.41) is 12.6. The molecule has 0 bridgehead atoms. The molecule has 0 radical (unpaired) electrons. The number of rotatable bonds is 8. The second kappa shape index (κ2) is 8.48. The molecule has 0 aliphatic carbocycles. The number of hydrogen-bond donors (Lipinski definition) is 2. The average Bonchev–Trinajstić information content (AvgIpc) is 2.30. The molecule has 0 unspecified atom stereocenters. The van der Waals surface area contributed by atoms with Crippen LogP contribution < -0.4 is 5.32 Å². The summed E-state index contributed by atoms with van der Waals surface area (Å²) in [6.07, 6.45) is 5.74. The minimum atomic E-state index is 0.341. The van der Waals surface area contributed by atoms with Crippen LogP contribution in [-0.4, -0.2) is 30.2 Å². The van der Waals surface area contributed by atoms with Crippen LogP contribution in [-0.2, 0) is 6.42 Å². The van der Waals surface area contributed by atoms with Crippen LogP contribution in [0.2, 0.25) is 0 Å². The molecule has 0 spiro atoms. The topological polar surface area (TPSA) is 32.3 Å². The summed E-state index contributed by atoms with van der Waals surface area (Å²) in [5.74, 6) is 1.60. The molecule has 0 saturated carbocycles. The first kappa shape index (κ1) is 13.4. The minimum Gasteiger partial charge on any atom is -0.508 e. The second-order valence-corrected chi connectivity index (χ2v) is 4.85. The molecule has 1 aromatic rings. The third-order valence-electron chi connectivity index (χ3n) is 2.48. The highest BCUT2D eigenvalue weighted by Gasteiger charge is 1.93. The van der Waals surface area contributed by atoms with Gasteiger partial charge in [-0.1, -0.05) is 12.1 Å². The molecule has 0 heterocycles. The first-order valence-corrected chi connectivity index (χ1v) is 7.20. The molecule has 0 aliphatic heterocycles. The Balaban J connectivity index is 2.01. The van der Waals surface area contributed by atoms with Gasteiger partial charge in [-0.15, -0.1) is 0 Å². The standard InChI is InChI=1S/C13H21NOS/c1-16-11-3-2-9-14-10-8-12-4-6-13(15)7-5-12/h4-7,14-15H,2-3,8-11H2,1H3. The van der Waals surface area contributed by atoms with E-state index in [1.54, 1.807) is 12.1 Å². The van der Waals surface area contributed by atoms with E-state index in [2.05, 4.69) is 11.6 Å². The van der Waals surface area contributed by atoms with E-state index in [1.165, 1.54) is 24.2 Å². The van der Waals surface area contributed by atoms with Crippen molar-refractivity contribution in [3.05, 3.63) is 29.8 Å². The van der Waals surface area contributed by atoms with Crippen LogP contribution in [0.4, 0.5) is 0 Å². The summed E-state index contributed by atoms with van der Waals surface area (Å²) in [6, 6.07) is 7.44. The third kappa shape index (κ3) is 6.03. The van der Waals surface area contributed by atoms with Gasteiger partial charge in [0.15, 0.2) is 0 Å². The zero-order valence-corrected chi connectivity index (χ0v) is 10.7. The third-order valence-corrected chi connectivity index (χ3v) is 3.18. The SMILES string of the molecule is CSCCCCNCCc1ccc(O)cc1. The highest BCUT2D eigenvalue weighted by Crippen LogP contribution is 2.09. The molecule has 0 aromatic heterocycles. The van der Waals surface area contributed by atoms with Gasteiger partial charge >= 0.3 is 0 Å². The molecular weight excluding hydrogens is 218 g/mol. The zero-order chi connectivity index (χ0) is 11.6. The van der Waals surface area contributed by atoms with Gasteiger partial charge in [-0.25, -0.2) is 0 Å². The van der Waals surface area contributed by atoms with E-state index in [4.69, 9.17) is 5.11 Å². The molecular formula is C13H21NOS. The summed E-state index contributed by atoms with van der Waals surface area (Å²) >= 11 is 1.91. The Morgan fingerprint density at radius 1 is 1.12 bits per heavy atom. The molecule has 1 rings (SSSR count). The average molecular weight is 239 g/mol. The van der Waals surface area contributed by atoms with Crippen molar-refractivity contribution >= 4 is 11.8 Å². The van der Waals surface area contributed by atoms with Crippen LogP contribution in [0.1, 0.15) is 18.4 Å². The lowest BCUT2D eigenvalue weighted by atomic mass is 10.1. The first-order valence-electron chi connectivity index (χ1n) is 5.80. The number of benzene rings is 1. The monoisotopic (exact) mass is 239 g/mol. The maximum absolute atomic E-state index is 9.13. The molecule has 90 valence electrons. The number of thioether (sulfide) groups is 1. The number of phenolic OH excluding ortho intramolecular Hbond substituents is 1. The predicted octanol–water partition coefficient (Wildman–Crippen LogP) is 2.67. The fourth-order valence-electron chi connectivity index (χ4n) is 1.52. The fourth-order valence-corrected chi connectivity index (χ4v) is 2.01. The van der Waals surface area contributed by atoms with E-state index in [1.807, 2.05) is 23.9 Å². The number of unbranched alkanes of at least 4 members (excludes halogenated alkanes) is 1. The van der Waals surface area contributed by atoms with Gasteiger partial charge in [0.05, 0.1) is 0 Å². The predicted molar refractivity (Wildman–Crippen MR) is 72.3 cm³/mol. The molecule has 2 nitrogen and oxygen atoms in total. The Hall–Kier alpha value is -0.670. The number of phenols is 1. The van der Waals surface area contributed by atoms with Gasteiger partial charge in [0, 0.05) is 0 Å². The van der Waals surface area contributed by atoms with Crippen LogP contribution in [0.3, 0.4) is 0 Å². The summed E-state index contributed by atoms with van der Waals surface area (Å²) in [7, 11) is 0. The van der Waals surface area contributed by atoms with E-state index in [-0.39, 0.29) is 0 Å². The van der Waals surface area contributed by atoms with E-state index < -0.39 is 0 Å². The fraction of sp³-hybridized carbons (Fsp3) is 0.538. The van der Waals surface area contributed by atoms with E-state index >= 15 is 0 Å². The molecule has 1 aromatic carbocycles. The molecule has 2 N–H and O–H groups in total. The lowest BCUT2D eigenvalue weighted by Gasteiger charge is -2.04. The Labute approximate surface area is 102 Å². The molecule has 0 aliphatic rings. The maximum atomic E-state index is 9.13. The lowest BCUT2D eigenvalue weighted by Crippen LogP contribution is -2.18. The summed E-state index contributed by atoms with van der Waals surface area (Å²) in [6.45, 7) is 2.13. The lowest BCUT2D eigenvalue weighted by molar-refractivity contribution is 0.475. The molecule has 16 heavy (non-hydrogen) atoms. The maximum Gasteiger partial charge on any atom is 0.115 e. The van der Waals surface area contributed by atoms with E-state index in [0.29, 0.717) is 5.75 Å².